The average molecular weight is 343 g/mol. The number of fused-ring (bicyclic) bond motifs is 1. The zero-order chi connectivity index (χ0) is 16.8. The molecule has 0 amide bonds. The van der Waals surface area contributed by atoms with Crippen LogP contribution >= 0.6 is 11.6 Å². The molecule has 0 spiro atoms. The summed E-state index contributed by atoms with van der Waals surface area (Å²) < 4.78 is 15.7. The highest BCUT2D eigenvalue weighted by molar-refractivity contribution is 6.33. The first-order valence-electron chi connectivity index (χ1n) is 7.55. The summed E-state index contributed by atoms with van der Waals surface area (Å²) in [7, 11) is 0. The van der Waals surface area contributed by atoms with Crippen LogP contribution in [0.25, 0.3) is 16.6 Å². The second-order valence-electron chi connectivity index (χ2n) is 5.88. The molecular weight excluding hydrogens is 331 g/mol. The smallest absolute Gasteiger partial charge is 0.267 e. The van der Waals surface area contributed by atoms with Gasteiger partial charge in [-0.25, -0.2) is 9.37 Å². The molecule has 4 rings (SSSR count). The van der Waals surface area contributed by atoms with Crippen LogP contribution in [0.15, 0.2) is 41.5 Å². The fourth-order valence-electron chi connectivity index (χ4n) is 2.91. The molecule has 0 unspecified atom stereocenters. The lowest BCUT2D eigenvalue weighted by atomic mass is 10.0. The first-order valence-corrected chi connectivity index (χ1v) is 7.93. The maximum Gasteiger partial charge on any atom is 0.267 e. The zero-order valence-corrected chi connectivity index (χ0v) is 13.3. The van der Waals surface area contributed by atoms with Gasteiger partial charge in [-0.15, -0.1) is 0 Å². The third-order valence-corrected chi connectivity index (χ3v) is 4.62. The predicted octanol–water partition coefficient (Wildman–Crippen LogP) is 3.87. The maximum atomic E-state index is 14.5. The molecule has 4 nitrogen and oxygen atoms in total. The zero-order valence-electron chi connectivity index (χ0n) is 12.5. The molecule has 0 N–H and O–H groups in total. The Morgan fingerprint density at radius 2 is 2.08 bits per heavy atom. The van der Waals surface area contributed by atoms with E-state index in [9.17, 15) is 14.0 Å². The normalized spacial score (nSPS) is 14.1. The molecule has 1 aliphatic rings. The van der Waals surface area contributed by atoms with Crippen molar-refractivity contribution in [3.8, 4) is 5.82 Å². The van der Waals surface area contributed by atoms with Crippen molar-refractivity contribution >= 4 is 28.7 Å². The van der Waals surface area contributed by atoms with E-state index in [1.165, 1.54) is 24.5 Å². The summed E-state index contributed by atoms with van der Waals surface area (Å²) >= 11 is 5.98. The number of pyridine rings is 2. The minimum atomic E-state index is -0.565. The van der Waals surface area contributed by atoms with Crippen molar-refractivity contribution in [3.05, 3.63) is 69.0 Å². The fourth-order valence-corrected chi connectivity index (χ4v) is 3.09. The fraction of sp³-hybridized carbons (Fsp3) is 0.167. The van der Waals surface area contributed by atoms with Crippen molar-refractivity contribution in [2.45, 2.75) is 18.8 Å². The molecule has 1 saturated carbocycles. The lowest BCUT2D eigenvalue weighted by Crippen LogP contribution is -2.21. The van der Waals surface area contributed by atoms with Gasteiger partial charge in [0.15, 0.2) is 12.1 Å². The number of aromatic nitrogens is 2. The summed E-state index contributed by atoms with van der Waals surface area (Å²) in [6.07, 6.45) is 5.53. The van der Waals surface area contributed by atoms with Gasteiger partial charge in [-0.2, -0.15) is 0 Å². The molecule has 6 heteroatoms. The third kappa shape index (κ3) is 2.32. The lowest BCUT2D eigenvalue weighted by molar-refractivity contribution is 0.112. The van der Waals surface area contributed by atoms with Crippen LogP contribution in [0.2, 0.25) is 5.02 Å². The van der Waals surface area contributed by atoms with E-state index in [1.54, 1.807) is 6.07 Å². The molecule has 0 aliphatic heterocycles. The van der Waals surface area contributed by atoms with Crippen molar-refractivity contribution < 1.29 is 9.18 Å². The van der Waals surface area contributed by atoms with E-state index in [0.29, 0.717) is 17.6 Å². The van der Waals surface area contributed by atoms with Crippen molar-refractivity contribution in [2.75, 3.05) is 0 Å². The molecule has 0 atom stereocenters. The monoisotopic (exact) mass is 342 g/mol. The Morgan fingerprint density at radius 3 is 2.79 bits per heavy atom. The van der Waals surface area contributed by atoms with Crippen molar-refractivity contribution in [1.82, 2.24) is 9.55 Å². The van der Waals surface area contributed by atoms with Gasteiger partial charge in [-0.1, -0.05) is 17.7 Å². The minimum absolute atomic E-state index is 0.0134. The van der Waals surface area contributed by atoms with Crippen LogP contribution in [-0.2, 0) is 0 Å². The van der Waals surface area contributed by atoms with E-state index < -0.39 is 11.4 Å². The molecule has 24 heavy (non-hydrogen) atoms. The summed E-state index contributed by atoms with van der Waals surface area (Å²) in [4.78, 5) is 28.1. The van der Waals surface area contributed by atoms with E-state index in [0.717, 1.165) is 23.0 Å². The highest BCUT2D eigenvalue weighted by Crippen LogP contribution is 2.41. The topological polar surface area (TPSA) is 52.0 Å². The Morgan fingerprint density at radius 1 is 1.29 bits per heavy atom. The van der Waals surface area contributed by atoms with Gasteiger partial charge in [0.25, 0.3) is 5.56 Å². The van der Waals surface area contributed by atoms with Crippen molar-refractivity contribution in [1.29, 1.82) is 0 Å². The summed E-state index contributed by atoms with van der Waals surface area (Å²) in [6.45, 7) is 0. The molecule has 0 radical (unpaired) electrons. The molecule has 0 bridgehead atoms. The van der Waals surface area contributed by atoms with Crippen LogP contribution in [0.1, 0.15) is 34.7 Å². The van der Waals surface area contributed by atoms with Crippen LogP contribution in [0.4, 0.5) is 4.39 Å². The van der Waals surface area contributed by atoms with Gasteiger partial charge in [0, 0.05) is 12.4 Å². The largest absolute Gasteiger partial charge is 0.298 e. The van der Waals surface area contributed by atoms with Gasteiger partial charge in [-0.3, -0.25) is 14.2 Å². The third-order valence-electron chi connectivity index (χ3n) is 4.29. The first-order chi connectivity index (χ1) is 11.6. The summed E-state index contributed by atoms with van der Waals surface area (Å²) in [5, 5.41) is 0.722. The van der Waals surface area contributed by atoms with Gasteiger partial charge < -0.3 is 0 Å². The first kappa shape index (κ1) is 15.0. The number of nitrogens with zero attached hydrogens (tertiary/aromatic N) is 2. The summed E-state index contributed by atoms with van der Waals surface area (Å²) in [5.74, 6) is -0.0684. The van der Waals surface area contributed by atoms with E-state index in [4.69, 9.17) is 11.6 Å². The number of hydrogen-bond acceptors (Lipinski definition) is 3. The molecular formula is C18H12ClFN2O2. The van der Waals surface area contributed by atoms with Gasteiger partial charge in [0.05, 0.1) is 16.0 Å². The van der Waals surface area contributed by atoms with Gasteiger partial charge in [0.1, 0.15) is 5.82 Å². The maximum absolute atomic E-state index is 14.5. The predicted molar refractivity (Wildman–Crippen MR) is 89.7 cm³/mol. The molecule has 2 aromatic heterocycles. The number of carbonyl (C=O) groups excluding carboxylic acids is 1. The number of rotatable bonds is 3. The lowest BCUT2D eigenvalue weighted by Gasteiger charge is -2.10. The van der Waals surface area contributed by atoms with E-state index in [-0.39, 0.29) is 21.8 Å². The van der Waals surface area contributed by atoms with Gasteiger partial charge >= 0.3 is 0 Å². The standard InChI is InChI=1S/C18H12ClFN2O2/c19-14-3-5-21-17(13(14)9-23)22-6-4-11-7-12(10-1-2-10)8-15(20)16(11)18(22)24/h3-10H,1-2H2. The Kier molecular flexibility index (Phi) is 3.46. The Bertz CT molecular complexity index is 1040. The number of carbonyl (C=O) groups is 1. The molecule has 120 valence electrons. The Balaban J connectivity index is 1.99. The SMILES string of the molecule is O=Cc1c(Cl)ccnc1-n1ccc2cc(C3CC3)cc(F)c2c1=O. The summed E-state index contributed by atoms with van der Waals surface area (Å²) in [6, 6.07) is 6.40. The molecule has 1 aromatic carbocycles. The van der Waals surface area contributed by atoms with Crippen LogP contribution in [0, 0.1) is 5.82 Å². The van der Waals surface area contributed by atoms with Gasteiger partial charge in [0.2, 0.25) is 0 Å². The molecule has 3 aromatic rings. The van der Waals surface area contributed by atoms with E-state index in [2.05, 4.69) is 4.98 Å². The molecule has 0 saturated heterocycles. The van der Waals surface area contributed by atoms with Crippen LogP contribution in [0.5, 0.6) is 0 Å². The van der Waals surface area contributed by atoms with E-state index >= 15 is 0 Å². The second kappa shape index (κ2) is 5.53. The van der Waals surface area contributed by atoms with Crippen LogP contribution in [-0.4, -0.2) is 15.8 Å². The van der Waals surface area contributed by atoms with Gasteiger partial charge in [-0.05, 0) is 47.9 Å². The Labute approximate surface area is 141 Å². The van der Waals surface area contributed by atoms with Crippen molar-refractivity contribution in [3.63, 3.8) is 0 Å². The average Bonchev–Trinajstić information content (AvgIpc) is 3.39. The molecule has 1 aliphatic carbocycles. The van der Waals surface area contributed by atoms with Crippen molar-refractivity contribution in [2.24, 2.45) is 0 Å². The Hall–Kier alpha value is -2.53. The quantitative estimate of drug-likeness (QED) is 0.679. The molecule has 2 heterocycles. The molecule has 1 fully saturated rings. The minimum Gasteiger partial charge on any atom is -0.298 e. The second-order valence-corrected chi connectivity index (χ2v) is 6.29. The highest BCUT2D eigenvalue weighted by Gasteiger charge is 2.25. The van der Waals surface area contributed by atoms with Crippen LogP contribution < -0.4 is 5.56 Å². The number of aldehydes is 1. The number of benzene rings is 1. The highest BCUT2D eigenvalue weighted by atomic mass is 35.5. The number of hydrogen-bond donors (Lipinski definition) is 0. The number of halogens is 2. The van der Waals surface area contributed by atoms with Crippen LogP contribution in [0.3, 0.4) is 0 Å². The van der Waals surface area contributed by atoms with E-state index in [1.807, 2.05) is 6.07 Å². The summed E-state index contributed by atoms with van der Waals surface area (Å²) in [5.41, 5.74) is 0.451.